The number of anilines is 1. The van der Waals surface area contributed by atoms with E-state index in [1.54, 1.807) is 12.1 Å². The monoisotopic (exact) mass is 453 g/mol. The van der Waals surface area contributed by atoms with E-state index in [0.717, 1.165) is 16.6 Å². The van der Waals surface area contributed by atoms with Crippen molar-refractivity contribution in [2.45, 2.75) is 19.9 Å². The molecule has 170 valence electrons. The lowest BCUT2D eigenvalue weighted by molar-refractivity contribution is -0.132. The van der Waals surface area contributed by atoms with Crippen molar-refractivity contribution in [1.29, 1.82) is 0 Å². The highest BCUT2D eigenvalue weighted by Gasteiger charge is 2.48. The molecule has 0 aliphatic carbocycles. The second-order valence-corrected chi connectivity index (χ2v) is 8.36. The Bertz CT molecular complexity index is 1470. The van der Waals surface area contributed by atoms with Gasteiger partial charge in [-0.3, -0.25) is 14.5 Å². The summed E-state index contributed by atoms with van der Waals surface area (Å²) in [7, 11) is 1.49. The van der Waals surface area contributed by atoms with Crippen LogP contribution in [0.2, 0.25) is 0 Å². The summed E-state index contributed by atoms with van der Waals surface area (Å²) in [5, 5.41) is 11.4. The lowest BCUT2D eigenvalue weighted by Crippen LogP contribution is -2.30. The summed E-state index contributed by atoms with van der Waals surface area (Å²) < 4.78 is 5.42. The maximum absolute atomic E-state index is 13.3. The SMILES string of the molecule is COc1ccc(C)cc1/C(O)=C1\C(=O)C(=O)N(c2nc3ccc(C)cc3[nH]2)C1c1ccccc1. The van der Waals surface area contributed by atoms with Gasteiger partial charge in [-0.2, -0.15) is 0 Å². The molecule has 5 rings (SSSR count). The normalized spacial score (nSPS) is 17.5. The van der Waals surface area contributed by atoms with Gasteiger partial charge in [0.25, 0.3) is 5.78 Å². The average molecular weight is 453 g/mol. The Morgan fingerprint density at radius 1 is 1.00 bits per heavy atom. The molecule has 1 fully saturated rings. The number of benzene rings is 3. The summed E-state index contributed by atoms with van der Waals surface area (Å²) in [6, 6.07) is 19.3. The van der Waals surface area contributed by atoms with Crippen molar-refractivity contribution < 1.29 is 19.4 Å². The Kier molecular flexibility index (Phi) is 5.17. The summed E-state index contributed by atoms with van der Waals surface area (Å²) in [5.41, 5.74) is 4.35. The van der Waals surface area contributed by atoms with Crippen LogP contribution in [0.1, 0.15) is 28.3 Å². The number of aryl methyl sites for hydroxylation is 2. The number of aliphatic hydroxyl groups is 1. The van der Waals surface area contributed by atoms with Gasteiger partial charge in [0, 0.05) is 0 Å². The fourth-order valence-electron chi connectivity index (χ4n) is 4.38. The van der Waals surface area contributed by atoms with E-state index in [4.69, 9.17) is 4.74 Å². The molecule has 1 aliphatic rings. The van der Waals surface area contributed by atoms with Gasteiger partial charge in [-0.15, -0.1) is 0 Å². The topological polar surface area (TPSA) is 95.5 Å². The van der Waals surface area contributed by atoms with Crippen LogP contribution in [-0.4, -0.2) is 33.9 Å². The zero-order valence-electron chi connectivity index (χ0n) is 19.0. The molecule has 1 aromatic heterocycles. The molecule has 4 aromatic rings. The van der Waals surface area contributed by atoms with Crippen molar-refractivity contribution in [2.75, 3.05) is 12.0 Å². The number of carbonyl (C=O) groups is 2. The minimum absolute atomic E-state index is 0.0169. The van der Waals surface area contributed by atoms with Crippen molar-refractivity contribution in [3.8, 4) is 5.75 Å². The predicted octanol–water partition coefficient (Wildman–Crippen LogP) is 4.81. The molecule has 3 aromatic carbocycles. The quantitative estimate of drug-likeness (QED) is 0.263. The summed E-state index contributed by atoms with van der Waals surface area (Å²) >= 11 is 0. The van der Waals surface area contributed by atoms with Gasteiger partial charge in [0.2, 0.25) is 5.95 Å². The Morgan fingerprint density at radius 2 is 1.71 bits per heavy atom. The number of carbonyl (C=O) groups excluding carboxylic acids is 2. The van der Waals surface area contributed by atoms with Gasteiger partial charge < -0.3 is 14.8 Å². The molecule has 1 amide bonds. The molecule has 1 atom stereocenters. The number of imidazole rings is 1. The highest BCUT2D eigenvalue weighted by atomic mass is 16.5. The summed E-state index contributed by atoms with van der Waals surface area (Å²) in [4.78, 5) is 35.8. The first-order chi connectivity index (χ1) is 16.4. The van der Waals surface area contributed by atoms with Crippen LogP contribution in [0, 0.1) is 13.8 Å². The van der Waals surface area contributed by atoms with Crippen LogP contribution in [0.4, 0.5) is 5.95 Å². The predicted molar refractivity (Wildman–Crippen MR) is 130 cm³/mol. The second-order valence-electron chi connectivity index (χ2n) is 8.36. The van der Waals surface area contributed by atoms with Crippen molar-refractivity contribution in [3.05, 3.63) is 94.6 Å². The Labute approximate surface area is 196 Å². The summed E-state index contributed by atoms with van der Waals surface area (Å²) in [6.07, 6.45) is 0. The first-order valence-corrected chi connectivity index (χ1v) is 10.9. The first kappa shape index (κ1) is 21.5. The molecule has 1 saturated heterocycles. The van der Waals surface area contributed by atoms with Crippen molar-refractivity contribution in [3.63, 3.8) is 0 Å². The van der Waals surface area contributed by atoms with Gasteiger partial charge in [-0.25, -0.2) is 4.98 Å². The smallest absolute Gasteiger partial charge is 0.302 e. The van der Waals surface area contributed by atoms with Crippen LogP contribution >= 0.6 is 0 Å². The third-order valence-electron chi connectivity index (χ3n) is 6.02. The number of hydrogen-bond donors (Lipinski definition) is 2. The summed E-state index contributed by atoms with van der Waals surface area (Å²) in [6.45, 7) is 3.84. The maximum Gasteiger partial charge on any atom is 0.302 e. The van der Waals surface area contributed by atoms with Gasteiger partial charge in [0.1, 0.15) is 11.5 Å². The van der Waals surface area contributed by atoms with Gasteiger partial charge >= 0.3 is 5.91 Å². The van der Waals surface area contributed by atoms with E-state index in [9.17, 15) is 14.7 Å². The summed E-state index contributed by atoms with van der Waals surface area (Å²) in [5.74, 6) is -1.20. The standard InChI is InChI=1S/C27H23N3O4/c1-15-10-12-21(34-3)18(13-15)24(31)22-23(17-7-5-4-6-8-17)30(26(33)25(22)32)27-28-19-11-9-16(2)14-20(19)29-27/h4-14,23,31H,1-3H3,(H,28,29)/b24-22+. The van der Waals surface area contributed by atoms with Crippen molar-refractivity contribution >= 4 is 34.4 Å². The third-order valence-corrected chi connectivity index (χ3v) is 6.02. The molecule has 0 spiro atoms. The van der Waals surface area contributed by atoms with E-state index in [-0.39, 0.29) is 17.3 Å². The zero-order valence-corrected chi connectivity index (χ0v) is 19.0. The molecule has 2 heterocycles. The number of nitrogens with one attached hydrogen (secondary N) is 1. The fourth-order valence-corrected chi connectivity index (χ4v) is 4.38. The molecule has 34 heavy (non-hydrogen) atoms. The third kappa shape index (κ3) is 3.42. The molecule has 0 radical (unpaired) electrons. The molecule has 0 saturated carbocycles. The molecular formula is C27H23N3O4. The number of Topliss-reactive ketones (excluding diaryl/α,β-unsaturated/α-hetero) is 1. The van der Waals surface area contributed by atoms with E-state index in [1.807, 2.05) is 68.4 Å². The number of rotatable bonds is 4. The number of methoxy groups -OCH3 is 1. The maximum atomic E-state index is 13.3. The fraction of sp³-hybridized carbons (Fsp3) is 0.148. The number of ketones is 1. The van der Waals surface area contributed by atoms with Gasteiger partial charge in [0.15, 0.2) is 0 Å². The van der Waals surface area contributed by atoms with E-state index in [0.29, 0.717) is 22.4 Å². The molecule has 7 heteroatoms. The molecule has 1 aliphatic heterocycles. The minimum Gasteiger partial charge on any atom is -0.507 e. The van der Waals surface area contributed by atoms with Crippen LogP contribution < -0.4 is 9.64 Å². The number of amides is 1. The van der Waals surface area contributed by atoms with Crippen LogP contribution in [-0.2, 0) is 9.59 Å². The van der Waals surface area contributed by atoms with Crippen LogP contribution in [0.25, 0.3) is 16.8 Å². The van der Waals surface area contributed by atoms with Crippen LogP contribution in [0.3, 0.4) is 0 Å². The lowest BCUT2D eigenvalue weighted by atomic mass is 9.94. The number of ether oxygens (including phenoxy) is 1. The van der Waals surface area contributed by atoms with E-state index < -0.39 is 17.7 Å². The lowest BCUT2D eigenvalue weighted by Gasteiger charge is -2.23. The molecule has 1 unspecified atom stereocenters. The Hall–Kier alpha value is -4.39. The number of hydrogen-bond acceptors (Lipinski definition) is 5. The average Bonchev–Trinajstić information content (AvgIpc) is 3.37. The Balaban J connectivity index is 1.75. The molecule has 2 N–H and O–H groups in total. The highest BCUT2D eigenvalue weighted by Crippen LogP contribution is 2.42. The molecule has 7 nitrogen and oxygen atoms in total. The van der Waals surface area contributed by atoms with Gasteiger partial charge in [0.05, 0.1) is 35.3 Å². The zero-order chi connectivity index (χ0) is 24.0. The molecule has 0 bridgehead atoms. The van der Waals surface area contributed by atoms with E-state index in [1.165, 1.54) is 12.0 Å². The van der Waals surface area contributed by atoms with Crippen molar-refractivity contribution in [1.82, 2.24) is 9.97 Å². The van der Waals surface area contributed by atoms with Crippen molar-refractivity contribution in [2.24, 2.45) is 0 Å². The van der Waals surface area contributed by atoms with E-state index >= 15 is 0 Å². The second kappa shape index (κ2) is 8.19. The number of aliphatic hydroxyl groups excluding tert-OH is 1. The number of fused-ring (bicyclic) bond motifs is 1. The van der Waals surface area contributed by atoms with Crippen LogP contribution in [0.15, 0.2) is 72.3 Å². The van der Waals surface area contributed by atoms with Gasteiger partial charge in [-0.1, -0.05) is 48.0 Å². The van der Waals surface area contributed by atoms with Gasteiger partial charge in [-0.05, 0) is 49.2 Å². The van der Waals surface area contributed by atoms with Crippen LogP contribution in [0.5, 0.6) is 5.75 Å². The molecular weight excluding hydrogens is 430 g/mol. The first-order valence-electron chi connectivity index (χ1n) is 10.9. The Morgan fingerprint density at radius 3 is 2.44 bits per heavy atom. The number of aromatic amines is 1. The minimum atomic E-state index is -0.868. The highest BCUT2D eigenvalue weighted by molar-refractivity contribution is 6.51. The largest absolute Gasteiger partial charge is 0.507 e. The number of H-pyrrole nitrogens is 1. The van der Waals surface area contributed by atoms with E-state index in [2.05, 4.69) is 9.97 Å². The number of aromatic nitrogens is 2. The number of nitrogens with zero attached hydrogens (tertiary/aromatic N) is 2.